The van der Waals surface area contributed by atoms with Crippen LogP contribution in [0, 0.1) is 0 Å². The van der Waals surface area contributed by atoms with Gasteiger partial charge in [-0.25, -0.2) is 13.1 Å². The Labute approximate surface area is 102 Å². The van der Waals surface area contributed by atoms with Gasteiger partial charge in [-0.15, -0.1) is 0 Å². The van der Waals surface area contributed by atoms with E-state index in [2.05, 4.69) is 4.72 Å². The number of nitrogens with one attached hydrogen (secondary N) is 1. The van der Waals surface area contributed by atoms with E-state index in [-0.39, 0.29) is 6.61 Å². The number of rotatable bonds is 4. The van der Waals surface area contributed by atoms with Crippen LogP contribution in [-0.4, -0.2) is 26.2 Å². The van der Waals surface area contributed by atoms with Crippen molar-refractivity contribution in [3.63, 3.8) is 0 Å². The van der Waals surface area contributed by atoms with Crippen LogP contribution >= 0.6 is 0 Å². The molecule has 0 saturated heterocycles. The van der Waals surface area contributed by atoms with E-state index in [1.165, 1.54) is 5.56 Å². The van der Waals surface area contributed by atoms with Crippen LogP contribution in [0.25, 0.3) is 0 Å². The second-order valence-electron chi connectivity index (χ2n) is 4.49. The smallest absolute Gasteiger partial charge is 0.240 e. The minimum Gasteiger partial charge on any atom is -0.395 e. The summed E-state index contributed by atoms with van der Waals surface area (Å²) in [5.74, 6) is 0. The second kappa shape index (κ2) is 4.76. The van der Waals surface area contributed by atoms with Crippen LogP contribution in [0.3, 0.4) is 0 Å². The van der Waals surface area contributed by atoms with Crippen molar-refractivity contribution in [3.8, 4) is 0 Å². The first-order valence-electron chi connectivity index (χ1n) is 5.78. The van der Waals surface area contributed by atoms with Crippen molar-refractivity contribution in [3.05, 3.63) is 29.3 Å². The summed E-state index contributed by atoms with van der Waals surface area (Å²) >= 11 is 0. The molecule has 0 unspecified atom stereocenters. The molecule has 0 heterocycles. The summed E-state index contributed by atoms with van der Waals surface area (Å²) in [6, 6.07) is 4.81. The molecule has 5 heteroatoms. The Balaban J connectivity index is 2.28. The van der Waals surface area contributed by atoms with E-state index in [0.29, 0.717) is 4.90 Å². The van der Waals surface area contributed by atoms with Crippen molar-refractivity contribution >= 4 is 10.0 Å². The minimum atomic E-state index is -3.50. The number of aliphatic hydroxyl groups is 1. The van der Waals surface area contributed by atoms with Gasteiger partial charge in [-0.2, -0.15) is 0 Å². The molecule has 0 bridgehead atoms. The maximum Gasteiger partial charge on any atom is 0.240 e. The third-order valence-corrected chi connectivity index (χ3v) is 4.60. The Morgan fingerprint density at radius 1 is 1.35 bits per heavy atom. The first-order chi connectivity index (χ1) is 8.03. The standard InChI is InChI=1S/C12H17NO3S/c1-9(8-14)13-17(15,16)12-6-5-10-3-2-4-11(10)7-12/h5-7,9,13-14H,2-4,8H2,1H3/t9-/m1/s1. The van der Waals surface area contributed by atoms with E-state index in [4.69, 9.17) is 5.11 Å². The first kappa shape index (κ1) is 12.5. The van der Waals surface area contributed by atoms with Gasteiger partial charge in [0.25, 0.3) is 0 Å². The van der Waals surface area contributed by atoms with Crippen molar-refractivity contribution in [2.75, 3.05) is 6.61 Å². The molecule has 0 saturated carbocycles. The molecule has 1 aliphatic rings. The Hall–Kier alpha value is -0.910. The fraction of sp³-hybridized carbons (Fsp3) is 0.500. The molecule has 0 fully saturated rings. The predicted octanol–water partition coefficient (Wildman–Crippen LogP) is 0.834. The highest BCUT2D eigenvalue weighted by Crippen LogP contribution is 2.24. The number of benzene rings is 1. The molecule has 0 radical (unpaired) electrons. The van der Waals surface area contributed by atoms with Gasteiger partial charge >= 0.3 is 0 Å². The Morgan fingerprint density at radius 3 is 2.76 bits per heavy atom. The van der Waals surface area contributed by atoms with Crippen molar-refractivity contribution in [1.29, 1.82) is 0 Å². The molecule has 4 nitrogen and oxygen atoms in total. The zero-order valence-corrected chi connectivity index (χ0v) is 10.6. The van der Waals surface area contributed by atoms with Crippen LogP contribution in [0.4, 0.5) is 0 Å². The maximum absolute atomic E-state index is 12.0. The number of hydrogen-bond donors (Lipinski definition) is 2. The monoisotopic (exact) mass is 255 g/mol. The van der Waals surface area contributed by atoms with Gasteiger partial charge in [-0.3, -0.25) is 0 Å². The van der Waals surface area contributed by atoms with E-state index in [1.54, 1.807) is 19.1 Å². The summed E-state index contributed by atoms with van der Waals surface area (Å²) < 4.78 is 26.4. The molecule has 1 aromatic carbocycles. The fourth-order valence-electron chi connectivity index (χ4n) is 2.09. The molecule has 1 aliphatic carbocycles. The number of sulfonamides is 1. The van der Waals surface area contributed by atoms with Gasteiger partial charge < -0.3 is 5.11 Å². The SMILES string of the molecule is C[C@H](CO)NS(=O)(=O)c1ccc2c(c1)CCC2. The largest absolute Gasteiger partial charge is 0.395 e. The third kappa shape index (κ3) is 2.68. The van der Waals surface area contributed by atoms with Gasteiger partial charge in [-0.1, -0.05) is 6.07 Å². The van der Waals surface area contributed by atoms with E-state index in [9.17, 15) is 8.42 Å². The maximum atomic E-state index is 12.0. The Kier molecular flexibility index (Phi) is 3.51. The lowest BCUT2D eigenvalue weighted by Gasteiger charge is -2.12. The van der Waals surface area contributed by atoms with Crippen LogP contribution in [0.2, 0.25) is 0 Å². The highest BCUT2D eigenvalue weighted by molar-refractivity contribution is 7.89. The van der Waals surface area contributed by atoms with Crippen LogP contribution in [0.15, 0.2) is 23.1 Å². The molecule has 94 valence electrons. The molecule has 2 rings (SSSR count). The summed E-state index contributed by atoms with van der Waals surface area (Å²) in [4.78, 5) is 0.290. The quantitative estimate of drug-likeness (QED) is 0.837. The molecule has 1 aromatic rings. The van der Waals surface area contributed by atoms with Crippen molar-refractivity contribution in [2.24, 2.45) is 0 Å². The molecule has 2 N–H and O–H groups in total. The average Bonchev–Trinajstić information content (AvgIpc) is 2.75. The number of aryl methyl sites for hydroxylation is 2. The van der Waals surface area contributed by atoms with Gasteiger partial charge in [-0.05, 0) is 49.4 Å². The van der Waals surface area contributed by atoms with Crippen LogP contribution in [-0.2, 0) is 22.9 Å². The van der Waals surface area contributed by atoms with Gasteiger partial charge in [0, 0.05) is 6.04 Å². The van der Waals surface area contributed by atoms with Crippen LogP contribution in [0.1, 0.15) is 24.5 Å². The van der Waals surface area contributed by atoms with Gasteiger partial charge in [0.15, 0.2) is 0 Å². The Morgan fingerprint density at radius 2 is 2.06 bits per heavy atom. The van der Waals surface area contributed by atoms with E-state index >= 15 is 0 Å². The van der Waals surface area contributed by atoms with Crippen molar-refractivity contribution < 1.29 is 13.5 Å². The summed E-state index contributed by atoms with van der Waals surface area (Å²) in [5.41, 5.74) is 2.38. The highest BCUT2D eigenvalue weighted by Gasteiger charge is 2.19. The van der Waals surface area contributed by atoms with Gasteiger partial charge in [0.2, 0.25) is 10.0 Å². The molecule has 0 aliphatic heterocycles. The highest BCUT2D eigenvalue weighted by atomic mass is 32.2. The zero-order chi connectivity index (χ0) is 12.5. The molecule has 0 spiro atoms. The number of hydrogen-bond acceptors (Lipinski definition) is 3. The van der Waals surface area contributed by atoms with Gasteiger partial charge in [0.1, 0.15) is 0 Å². The lowest BCUT2D eigenvalue weighted by atomic mass is 10.1. The normalized spacial score (nSPS) is 16.8. The van der Waals surface area contributed by atoms with Gasteiger partial charge in [0.05, 0.1) is 11.5 Å². The lowest BCUT2D eigenvalue weighted by molar-refractivity contribution is 0.265. The van der Waals surface area contributed by atoms with E-state index in [0.717, 1.165) is 24.8 Å². The molecular formula is C12H17NO3S. The second-order valence-corrected chi connectivity index (χ2v) is 6.20. The lowest BCUT2D eigenvalue weighted by Crippen LogP contribution is -2.35. The molecule has 1 atom stereocenters. The number of aliphatic hydroxyl groups excluding tert-OH is 1. The molecule has 17 heavy (non-hydrogen) atoms. The van der Waals surface area contributed by atoms with E-state index < -0.39 is 16.1 Å². The summed E-state index contributed by atoms with van der Waals surface area (Å²) in [6.45, 7) is 1.43. The fourth-order valence-corrected chi connectivity index (χ4v) is 3.37. The first-order valence-corrected chi connectivity index (χ1v) is 7.26. The molecular weight excluding hydrogens is 238 g/mol. The third-order valence-electron chi connectivity index (χ3n) is 3.01. The summed E-state index contributed by atoms with van der Waals surface area (Å²) in [5, 5.41) is 8.87. The average molecular weight is 255 g/mol. The molecule has 0 aromatic heterocycles. The minimum absolute atomic E-state index is 0.204. The number of fused-ring (bicyclic) bond motifs is 1. The van der Waals surface area contributed by atoms with E-state index in [1.807, 2.05) is 6.07 Å². The topological polar surface area (TPSA) is 66.4 Å². The van der Waals surface area contributed by atoms with Crippen LogP contribution < -0.4 is 4.72 Å². The zero-order valence-electron chi connectivity index (χ0n) is 9.81. The van der Waals surface area contributed by atoms with Crippen molar-refractivity contribution in [1.82, 2.24) is 4.72 Å². The molecule has 0 amide bonds. The summed E-state index contributed by atoms with van der Waals surface area (Å²) in [6.07, 6.45) is 3.09. The van der Waals surface area contributed by atoms with Crippen LogP contribution in [0.5, 0.6) is 0 Å². The Bertz CT molecular complexity index is 510. The predicted molar refractivity (Wildman–Crippen MR) is 65.3 cm³/mol. The summed E-state index contributed by atoms with van der Waals surface area (Å²) in [7, 11) is -3.50. The van der Waals surface area contributed by atoms with Crippen molar-refractivity contribution in [2.45, 2.75) is 37.1 Å².